The summed E-state index contributed by atoms with van der Waals surface area (Å²) >= 11 is 10.4. The maximum absolute atomic E-state index is 12.3. The summed E-state index contributed by atoms with van der Waals surface area (Å²) in [5.74, 6) is 1.46. The Balaban J connectivity index is 1.89. The van der Waals surface area contributed by atoms with E-state index in [-0.39, 0.29) is 23.1 Å². The van der Waals surface area contributed by atoms with Crippen LogP contribution in [0.1, 0.15) is 15.9 Å². The van der Waals surface area contributed by atoms with Crippen LogP contribution in [0.5, 0.6) is 5.75 Å². The average molecular weight is 492 g/mol. The third-order valence-electron chi connectivity index (χ3n) is 3.63. The second-order valence-corrected chi connectivity index (χ2v) is 7.98. The number of ether oxygens (including phenoxy) is 1. The van der Waals surface area contributed by atoms with Gasteiger partial charge < -0.3 is 15.2 Å². The van der Waals surface area contributed by atoms with Gasteiger partial charge in [0.1, 0.15) is 12.4 Å². The summed E-state index contributed by atoms with van der Waals surface area (Å²) in [7, 11) is 0. The number of aliphatic imine (C=N–C) groups is 1. The SMILES string of the molecule is C#CCOc1ccc(Br)cc1/C=C1\SC(=Nc2ccc(Cl)c(C(=O)O)c2)NC1=O. The van der Waals surface area contributed by atoms with Gasteiger partial charge in [0.05, 0.1) is 21.2 Å². The maximum Gasteiger partial charge on any atom is 0.337 e. The minimum Gasteiger partial charge on any atom is -0.480 e. The lowest BCUT2D eigenvalue weighted by molar-refractivity contribution is -0.115. The predicted octanol–water partition coefficient (Wildman–Crippen LogP) is 4.70. The first kappa shape index (κ1) is 21.0. The van der Waals surface area contributed by atoms with Crippen LogP contribution in [0, 0.1) is 12.3 Å². The van der Waals surface area contributed by atoms with Crippen molar-refractivity contribution in [2.24, 2.45) is 4.99 Å². The molecule has 3 rings (SSSR count). The number of amides is 1. The van der Waals surface area contributed by atoms with Crippen LogP contribution in [0.25, 0.3) is 6.08 Å². The molecule has 2 aromatic rings. The van der Waals surface area contributed by atoms with Gasteiger partial charge in [-0.1, -0.05) is 33.5 Å². The molecule has 1 aliphatic heterocycles. The number of thioether (sulfide) groups is 1. The summed E-state index contributed by atoms with van der Waals surface area (Å²) in [6.07, 6.45) is 6.91. The molecule has 0 unspecified atom stereocenters. The van der Waals surface area contributed by atoms with Gasteiger partial charge in [-0.25, -0.2) is 9.79 Å². The fourth-order valence-corrected chi connectivity index (χ4v) is 3.78. The van der Waals surface area contributed by atoms with Crippen molar-refractivity contribution in [3.63, 3.8) is 0 Å². The van der Waals surface area contributed by atoms with E-state index >= 15 is 0 Å². The summed E-state index contributed by atoms with van der Waals surface area (Å²) in [6.45, 7) is 0.104. The van der Waals surface area contributed by atoms with Crippen molar-refractivity contribution in [1.82, 2.24) is 5.32 Å². The van der Waals surface area contributed by atoms with Crippen LogP contribution in [0.3, 0.4) is 0 Å². The van der Waals surface area contributed by atoms with E-state index in [1.807, 2.05) is 6.07 Å². The number of nitrogens with one attached hydrogen (secondary N) is 1. The second kappa shape index (κ2) is 9.18. The van der Waals surface area contributed by atoms with Gasteiger partial charge in [0.2, 0.25) is 0 Å². The van der Waals surface area contributed by atoms with E-state index < -0.39 is 5.97 Å². The zero-order chi connectivity index (χ0) is 21.0. The van der Waals surface area contributed by atoms with Crippen LogP contribution >= 0.6 is 39.3 Å². The molecule has 0 saturated carbocycles. The van der Waals surface area contributed by atoms with E-state index in [1.165, 1.54) is 12.1 Å². The molecule has 1 aliphatic rings. The predicted molar refractivity (Wildman–Crippen MR) is 118 cm³/mol. The molecule has 1 saturated heterocycles. The first-order valence-corrected chi connectivity index (χ1v) is 10.0. The Bertz CT molecular complexity index is 1110. The molecule has 2 aromatic carbocycles. The number of amidine groups is 1. The van der Waals surface area contributed by atoms with Crippen LogP contribution in [-0.4, -0.2) is 28.8 Å². The fraction of sp³-hybridized carbons (Fsp3) is 0.0500. The topological polar surface area (TPSA) is 88.0 Å². The Hall–Kier alpha value is -2.73. The highest BCUT2D eigenvalue weighted by Gasteiger charge is 2.24. The number of hydrogen-bond donors (Lipinski definition) is 2. The van der Waals surface area contributed by atoms with E-state index in [2.05, 4.69) is 32.2 Å². The lowest BCUT2D eigenvalue weighted by Crippen LogP contribution is -2.19. The third kappa shape index (κ3) is 5.21. The molecule has 0 radical (unpaired) electrons. The number of halogens is 2. The minimum absolute atomic E-state index is 0.0666. The van der Waals surface area contributed by atoms with Crippen molar-refractivity contribution < 1.29 is 19.4 Å². The fourth-order valence-electron chi connectivity index (χ4n) is 2.37. The summed E-state index contributed by atoms with van der Waals surface area (Å²) in [4.78, 5) is 28.2. The number of carboxylic acid groups (broad SMARTS) is 1. The number of carbonyl (C=O) groups excluding carboxylic acids is 1. The Morgan fingerprint density at radius 2 is 2.17 bits per heavy atom. The number of carboxylic acids is 1. The molecule has 0 atom stereocenters. The van der Waals surface area contributed by atoms with E-state index in [9.17, 15) is 9.59 Å². The van der Waals surface area contributed by atoms with E-state index in [1.54, 1.807) is 24.3 Å². The van der Waals surface area contributed by atoms with Crippen molar-refractivity contribution >= 4 is 68.1 Å². The molecule has 1 heterocycles. The van der Waals surface area contributed by atoms with Crippen LogP contribution in [0.4, 0.5) is 5.69 Å². The van der Waals surface area contributed by atoms with Crippen molar-refractivity contribution in [2.75, 3.05) is 6.61 Å². The molecule has 0 aromatic heterocycles. The van der Waals surface area contributed by atoms with Gasteiger partial charge in [0, 0.05) is 10.0 Å². The number of rotatable bonds is 5. The Morgan fingerprint density at radius 3 is 2.90 bits per heavy atom. The first-order chi connectivity index (χ1) is 13.9. The minimum atomic E-state index is -1.16. The van der Waals surface area contributed by atoms with Gasteiger partial charge in [-0.3, -0.25) is 4.79 Å². The number of hydrogen-bond acceptors (Lipinski definition) is 5. The van der Waals surface area contributed by atoms with Gasteiger partial charge in [0.15, 0.2) is 5.17 Å². The zero-order valence-electron chi connectivity index (χ0n) is 14.6. The average Bonchev–Trinajstić information content (AvgIpc) is 3.01. The number of terminal acetylenes is 1. The summed E-state index contributed by atoms with van der Waals surface area (Å²) in [6, 6.07) is 9.71. The van der Waals surface area contributed by atoms with Crippen LogP contribution < -0.4 is 10.1 Å². The largest absolute Gasteiger partial charge is 0.480 e. The normalized spacial score (nSPS) is 16.0. The lowest BCUT2D eigenvalue weighted by Gasteiger charge is -2.07. The van der Waals surface area contributed by atoms with Gasteiger partial charge in [0.25, 0.3) is 5.91 Å². The molecule has 1 fully saturated rings. The summed E-state index contributed by atoms with van der Waals surface area (Å²) in [5, 5.41) is 12.2. The Kier molecular flexibility index (Phi) is 6.64. The molecule has 0 spiro atoms. The highest BCUT2D eigenvalue weighted by atomic mass is 79.9. The van der Waals surface area contributed by atoms with Gasteiger partial charge >= 0.3 is 5.97 Å². The highest BCUT2D eigenvalue weighted by molar-refractivity contribution is 9.10. The molecule has 146 valence electrons. The molecule has 2 N–H and O–H groups in total. The van der Waals surface area contributed by atoms with E-state index in [4.69, 9.17) is 27.9 Å². The molecular formula is C20H12BrClN2O4S. The second-order valence-electron chi connectivity index (χ2n) is 5.63. The Labute approximate surface area is 184 Å². The number of benzene rings is 2. The molecule has 6 nitrogen and oxygen atoms in total. The molecule has 0 aliphatic carbocycles. The van der Waals surface area contributed by atoms with Gasteiger partial charge in [-0.15, -0.1) is 6.42 Å². The van der Waals surface area contributed by atoms with Crippen LogP contribution in [0.2, 0.25) is 5.02 Å². The monoisotopic (exact) mass is 490 g/mol. The number of aromatic carboxylic acids is 1. The maximum atomic E-state index is 12.3. The third-order valence-corrected chi connectivity index (χ3v) is 5.36. The highest BCUT2D eigenvalue weighted by Crippen LogP contribution is 2.32. The number of carbonyl (C=O) groups is 2. The summed E-state index contributed by atoms with van der Waals surface area (Å²) < 4.78 is 6.33. The quantitative estimate of drug-likeness (QED) is 0.467. The van der Waals surface area contributed by atoms with Gasteiger partial charge in [-0.05, 0) is 54.2 Å². The van der Waals surface area contributed by atoms with Crippen molar-refractivity contribution in [3.05, 3.63) is 61.9 Å². The van der Waals surface area contributed by atoms with Crippen molar-refractivity contribution in [1.29, 1.82) is 0 Å². The van der Waals surface area contributed by atoms with Crippen molar-refractivity contribution in [2.45, 2.75) is 0 Å². The van der Waals surface area contributed by atoms with E-state index in [0.717, 1.165) is 16.2 Å². The standard InChI is InChI=1S/C20H12BrClN2O4S/c1-2-7-28-16-6-3-12(21)8-11(16)9-17-18(25)24-20(29-17)23-13-4-5-15(22)14(10-13)19(26)27/h1,3-6,8-10H,7H2,(H,26,27)(H,23,24,25)/b17-9-. The molecule has 9 heteroatoms. The summed E-state index contributed by atoms with van der Waals surface area (Å²) in [5.41, 5.74) is 0.965. The smallest absolute Gasteiger partial charge is 0.337 e. The van der Waals surface area contributed by atoms with Crippen molar-refractivity contribution in [3.8, 4) is 18.1 Å². The van der Waals surface area contributed by atoms with E-state index in [0.29, 0.717) is 27.1 Å². The lowest BCUT2D eigenvalue weighted by atomic mass is 10.2. The van der Waals surface area contributed by atoms with Gasteiger partial charge in [-0.2, -0.15) is 0 Å². The number of nitrogens with zero attached hydrogens (tertiary/aromatic N) is 1. The van der Waals surface area contributed by atoms with Crippen LogP contribution in [-0.2, 0) is 4.79 Å². The van der Waals surface area contributed by atoms with Crippen LogP contribution in [0.15, 0.2) is 50.8 Å². The Morgan fingerprint density at radius 1 is 1.38 bits per heavy atom. The molecule has 29 heavy (non-hydrogen) atoms. The zero-order valence-corrected chi connectivity index (χ0v) is 17.8. The molecule has 1 amide bonds. The molecule has 0 bridgehead atoms. The first-order valence-electron chi connectivity index (χ1n) is 8.05. The molecular weight excluding hydrogens is 480 g/mol.